The van der Waals surface area contributed by atoms with E-state index in [1.54, 1.807) is 25.1 Å². The van der Waals surface area contributed by atoms with Gasteiger partial charge in [0.15, 0.2) is 0 Å². The van der Waals surface area contributed by atoms with Crippen LogP contribution >= 0.6 is 0 Å². The zero-order chi connectivity index (χ0) is 15.6. The first-order valence-corrected chi connectivity index (χ1v) is 6.40. The Bertz CT molecular complexity index is 723. The molecule has 0 atom stereocenters. The van der Waals surface area contributed by atoms with Crippen molar-refractivity contribution in [3.63, 3.8) is 0 Å². The highest BCUT2D eigenvalue weighted by molar-refractivity contribution is 6.08. The molecular weight excluding hydrogens is 268 g/mol. The van der Waals surface area contributed by atoms with E-state index in [0.29, 0.717) is 22.5 Å². The molecule has 0 bridgehead atoms. The lowest BCUT2D eigenvalue weighted by atomic mass is 10.1. The summed E-state index contributed by atoms with van der Waals surface area (Å²) in [5.74, 6) is -1.32. The van der Waals surface area contributed by atoms with E-state index in [1.165, 1.54) is 12.1 Å². The molecule has 21 heavy (non-hydrogen) atoms. The number of hydrogen-bond acceptors (Lipinski definition) is 3. The lowest BCUT2D eigenvalue weighted by Crippen LogP contribution is -2.15. The molecule has 108 valence electrons. The molecule has 2 rings (SSSR count). The lowest BCUT2D eigenvalue weighted by molar-refractivity contribution is 0.0696. The first-order chi connectivity index (χ1) is 9.88. The highest BCUT2D eigenvalue weighted by Gasteiger charge is 2.12. The van der Waals surface area contributed by atoms with Crippen LogP contribution in [0.4, 0.5) is 11.4 Å². The van der Waals surface area contributed by atoms with Gasteiger partial charge in [-0.3, -0.25) is 4.79 Å². The van der Waals surface area contributed by atoms with Crippen molar-refractivity contribution in [3.8, 4) is 0 Å². The van der Waals surface area contributed by atoms with E-state index >= 15 is 0 Å². The molecule has 0 unspecified atom stereocenters. The summed E-state index contributed by atoms with van der Waals surface area (Å²) < 4.78 is 0. The number of carboxylic acids is 1. The van der Waals surface area contributed by atoms with Gasteiger partial charge < -0.3 is 16.2 Å². The van der Waals surface area contributed by atoms with E-state index in [4.69, 9.17) is 10.8 Å². The Hall–Kier alpha value is -2.82. The van der Waals surface area contributed by atoms with Crippen molar-refractivity contribution in [1.29, 1.82) is 0 Å². The van der Waals surface area contributed by atoms with Crippen LogP contribution in [0, 0.1) is 13.8 Å². The third kappa shape index (κ3) is 3.20. The van der Waals surface area contributed by atoms with Gasteiger partial charge >= 0.3 is 5.97 Å². The molecule has 0 saturated heterocycles. The number of nitrogens with one attached hydrogen (secondary N) is 1. The second kappa shape index (κ2) is 5.66. The summed E-state index contributed by atoms with van der Waals surface area (Å²) in [4.78, 5) is 23.1. The van der Waals surface area contributed by atoms with E-state index in [-0.39, 0.29) is 11.5 Å². The zero-order valence-corrected chi connectivity index (χ0v) is 11.8. The Balaban J connectivity index is 2.27. The minimum atomic E-state index is -1.00. The topological polar surface area (TPSA) is 92.4 Å². The Kier molecular flexibility index (Phi) is 3.93. The van der Waals surface area contributed by atoms with Crippen molar-refractivity contribution in [2.45, 2.75) is 13.8 Å². The van der Waals surface area contributed by atoms with Gasteiger partial charge in [-0.15, -0.1) is 0 Å². The molecule has 0 aliphatic carbocycles. The van der Waals surface area contributed by atoms with Crippen LogP contribution in [-0.4, -0.2) is 17.0 Å². The van der Waals surface area contributed by atoms with Crippen molar-refractivity contribution in [2.24, 2.45) is 0 Å². The van der Waals surface area contributed by atoms with Gasteiger partial charge in [-0.2, -0.15) is 0 Å². The van der Waals surface area contributed by atoms with E-state index < -0.39 is 5.97 Å². The monoisotopic (exact) mass is 284 g/mol. The highest BCUT2D eigenvalue weighted by atomic mass is 16.4. The fourth-order valence-corrected chi connectivity index (χ4v) is 1.99. The SMILES string of the molecule is Cc1ccc(N)c(C(=O)Nc2ccc(C(=O)O)cc2C)c1. The molecule has 0 aliphatic rings. The van der Waals surface area contributed by atoms with Crippen LogP contribution in [0.5, 0.6) is 0 Å². The smallest absolute Gasteiger partial charge is 0.335 e. The number of nitrogen functional groups attached to an aromatic ring is 1. The molecule has 0 heterocycles. The molecule has 5 heteroatoms. The second-order valence-electron chi connectivity index (χ2n) is 4.88. The quantitative estimate of drug-likeness (QED) is 0.756. The fraction of sp³-hybridized carbons (Fsp3) is 0.125. The van der Waals surface area contributed by atoms with Crippen LogP contribution in [0.1, 0.15) is 31.8 Å². The number of benzene rings is 2. The van der Waals surface area contributed by atoms with Gasteiger partial charge in [-0.1, -0.05) is 11.6 Å². The predicted octanol–water partition coefficient (Wildman–Crippen LogP) is 2.84. The lowest BCUT2D eigenvalue weighted by Gasteiger charge is -2.11. The second-order valence-corrected chi connectivity index (χ2v) is 4.88. The minimum Gasteiger partial charge on any atom is -0.478 e. The van der Waals surface area contributed by atoms with Gasteiger partial charge in [0.2, 0.25) is 0 Å². The Morgan fingerprint density at radius 3 is 2.43 bits per heavy atom. The Labute approximate surface area is 122 Å². The van der Waals surface area contributed by atoms with Crippen LogP contribution in [0.25, 0.3) is 0 Å². The zero-order valence-electron chi connectivity index (χ0n) is 11.8. The number of aryl methyl sites for hydroxylation is 2. The molecule has 2 aromatic carbocycles. The fourth-order valence-electron chi connectivity index (χ4n) is 1.99. The highest BCUT2D eigenvalue weighted by Crippen LogP contribution is 2.20. The van der Waals surface area contributed by atoms with Gasteiger partial charge in [0.05, 0.1) is 11.1 Å². The first kappa shape index (κ1) is 14.6. The molecule has 0 radical (unpaired) electrons. The van der Waals surface area contributed by atoms with E-state index in [2.05, 4.69) is 5.32 Å². The maximum Gasteiger partial charge on any atom is 0.335 e. The van der Waals surface area contributed by atoms with Crippen molar-refractivity contribution in [1.82, 2.24) is 0 Å². The van der Waals surface area contributed by atoms with Crippen LogP contribution in [-0.2, 0) is 0 Å². The number of carboxylic acid groups (broad SMARTS) is 1. The molecule has 0 aliphatic heterocycles. The Morgan fingerprint density at radius 2 is 1.81 bits per heavy atom. The molecule has 0 saturated carbocycles. The van der Waals surface area contributed by atoms with Crippen molar-refractivity contribution in [3.05, 3.63) is 58.7 Å². The molecule has 0 aromatic heterocycles. The van der Waals surface area contributed by atoms with Gasteiger partial charge in [0, 0.05) is 11.4 Å². The molecule has 0 spiro atoms. The van der Waals surface area contributed by atoms with E-state index in [1.807, 2.05) is 13.0 Å². The van der Waals surface area contributed by atoms with Crippen LogP contribution in [0.15, 0.2) is 36.4 Å². The molecule has 1 amide bonds. The largest absolute Gasteiger partial charge is 0.478 e. The predicted molar refractivity (Wildman–Crippen MR) is 81.7 cm³/mol. The summed E-state index contributed by atoms with van der Waals surface area (Å²) in [6.07, 6.45) is 0. The summed E-state index contributed by atoms with van der Waals surface area (Å²) >= 11 is 0. The third-order valence-corrected chi connectivity index (χ3v) is 3.17. The van der Waals surface area contributed by atoms with Crippen molar-refractivity contribution in [2.75, 3.05) is 11.1 Å². The number of rotatable bonds is 3. The molecule has 0 fully saturated rings. The summed E-state index contributed by atoms with van der Waals surface area (Å²) in [6, 6.07) is 9.76. The van der Waals surface area contributed by atoms with Gasteiger partial charge in [-0.05, 0) is 49.7 Å². The average Bonchev–Trinajstić information content (AvgIpc) is 2.43. The van der Waals surface area contributed by atoms with E-state index in [0.717, 1.165) is 5.56 Å². The van der Waals surface area contributed by atoms with Crippen LogP contribution in [0.2, 0.25) is 0 Å². The summed E-state index contributed by atoms with van der Waals surface area (Å²) in [5, 5.41) is 11.7. The molecule has 4 N–H and O–H groups in total. The van der Waals surface area contributed by atoms with Crippen LogP contribution < -0.4 is 11.1 Å². The average molecular weight is 284 g/mol. The molecular formula is C16H16N2O3. The number of aromatic carboxylic acids is 1. The summed E-state index contributed by atoms with van der Waals surface area (Å²) in [6.45, 7) is 3.62. The van der Waals surface area contributed by atoms with Gasteiger partial charge in [0.1, 0.15) is 0 Å². The van der Waals surface area contributed by atoms with Crippen molar-refractivity contribution < 1.29 is 14.7 Å². The standard InChI is InChI=1S/C16H16N2O3/c1-9-3-5-13(17)12(7-9)15(19)18-14-6-4-11(16(20)21)8-10(14)2/h3-8H,17H2,1-2H3,(H,18,19)(H,20,21). The number of nitrogens with two attached hydrogens (primary N) is 1. The maximum absolute atomic E-state index is 12.3. The third-order valence-electron chi connectivity index (χ3n) is 3.17. The van der Waals surface area contributed by atoms with Crippen molar-refractivity contribution >= 4 is 23.3 Å². The van der Waals surface area contributed by atoms with Crippen LogP contribution in [0.3, 0.4) is 0 Å². The molecule has 5 nitrogen and oxygen atoms in total. The molecule has 2 aromatic rings. The summed E-state index contributed by atoms with van der Waals surface area (Å²) in [7, 11) is 0. The minimum absolute atomic E-state index is 0.181. The maximum atomic E-state index is 12.3. The first-order valence-electron chi connectivity index (χ1n) is 6.40. The number of carbonyl (C=O) groups is 2. The Morgan fingerprint density at radius 1 is 1.10 bits per heavy atom. The number of amides is 1. The number of carbonyl (C=O) groups excluding carboxylic acids is 1. The van der Waals surface area contributed by atoms with E-state index in [9.17, 15) is 9.59 Å². The number of hydrogen-bond donors (Lipinski definition) is 3. The summed E-state index contributed by atoms with van der Waals surface area (Å²) in [5.41, 5.74) is 8.96. The normalized spacial score (nSPS) is 10.2. The van der Waals surface area contributed by atoms with Gasteiger partial charge in [0.25, 0.3) is 5.91 Å². The van der Waals surface area contributed by atoms with Gasteiger partial charge in [-0.25, -0.2) is 4.79 Å². The number of anilines is 2.